The molecule has 2 aromatic rings. The monoisotopic (exact) mass is 283 g/mol. The number of aryl methyl sites for hydroxylation is 2. The Labute approximate surface area is 128 Å². The van der Waals surface area contributed by atoms with Gasteiger partial charge in [-0.3, -0.25) is 0 Å². The average molecular weight is 283 g/mol. The average Bonchev–Trinajstić information content (AvgIpc) is 2.48. The molecule has 1 atom stereocenters. The van der Waals surface area contributed by atoms with Crippen LogP contribution in [0.2, 0.25) is 0 Å². The molecule has 1 N–H and O–H groups in total. The van der Waals surface area contributed by atoms with Gasteiger partial charge in [-0.25, -0.2) is 0 Å². The summed E-state index contributed by atoms with van der Waals surface area (Å²) in [6, 6.07) is 13.1. The molecule has 0 heterocycles. The van der Waals surface area contributed by atoms with E-state index < -0.39 is 0 Å². The molecule has 2 aromatic carbocycles. The molecule has 0 saturated carbocycles. The molecule has 0 amide bonds. The quantitative estimate of drug-likeness (QED) is 0.882. The van der Waals surface area contributed by atoms with Crippen molar-refractivity contribution in [2.24, 2.45) is 0 Å². The third-order valence-corrected chi connectivity index (χ3v) is 4.07. The zero-order valence-corrected chi connectivity index (χ0v) is 13.7. The molecule has 0 aliphatic carbocycles. The second-order valence-electron chi connectivity index (χ2n) is 5.53. The minimum atomic E-state index is 0.158. The molecule has 0 aliphatic rings. The molecule has 0 saturated heterocycles. The maximum atomic E-state index is 5.61. The first-order chi connectivity index (χ1) is 10.1. The third-order valence-electron chi connectivity index (χ3n) is 4.07. The molecular weight excluding hydrogens is 258 g/mol. The van der Waals surface area contributed by atoms with Crippen molar-refractivity contribution in [3.8, 4) is 5.75 Å². The molecule has 0 radical (unpaired) electrons. The van der Waals surface area contributed by atoms with Crippen LogP contribution in [0.4, 0.5) is 0 Å². The lowest BCUT2D eigenvalue weighted by molar-refractivity contribution is 0.404. The molecule has 1 unspecified atom stereocenters. The normalized spacial score (nSPS) is 12.2. The molecule has 0 fully saturated rings. The Morgan fingerprint density at radius 1 is 1.05 bits per heavy atom. The van der Waals surface area contributed by atoms with E-state index in [0.717, 1.165) is 12.3 Å². The Morgan fingerprint density at radius 2 is 1.81 bits per heavy atom. The van der Waals surface area contributed by atoms with Crippen LogP contribution in [0.3, 0.4) is 0 Å². The Bertz CT molecular complexity index is 619. The summed E-state index contributed by atoms with van der Waals surface area (Å²) < 4.78 is 5.61. The van der Waals surface area contributed by atoms with E-state index >= 15 is 0 Å². The molecule has 0 aliphatic heterocycles. The van der Waals surface area contributed by atoms with E-state index in [9.17, 15) is 0 Å². The number of hydrogen-bond acceptors (Lipinski definition) is 2. The summed E-state index contributed by atoms with van der Waals surface area (Å²) in [5.41, 5.74) is 6.39. The van der Waals surface area contributed by atoms with E-state index in [0.29, 0.717) is 0 Å². The lowest BCUT2D eigenvalue weighted by Crippen LogP contribution is -2.23. The molecule has 2 rings (SSSR count). The zero-order chi connectivity index (χ0) is 15.4. The van der Waals surface area contributed by atoms with Gasteiger partial charge in [-0.05, 0) is 55.6 Å². The Kier molecular flexibility index (Phi) is 5.03. The first-order valence-corrected chi connectivity index (χ1v) is 7.52. The van der Waals surface area contributed by atoms with Crippen LogP contribution in [0.15, 0.2) is 36.4 Å². The number of rotatable bonds is 5. The summed E-state index contributed by atoms with van der Waals surface area (Å²) in [5.74, 6) is 0.946. The van der Waals surface area contributed by atoms with Gasteiger partial charge in [0.15, 0.2) is 0 Å². The van der Waals surface area contributed by atoms with Crippen LogP contribution in [-0.2, 0) is 0 Å². The zero-order valence-electron chi connectivity index (χ0n) is 13.7. The van der Waals surface area contributed by atoms with Crippen LogP contribution in [0, 0.1) is 20.8 Å². The molecule has 21 heavy (non-hydrogen) atoms. The highest BCUT2D eigenvalue weighted by Crippen LogP contribution is 2.33. The van der Waals surface area contributed by atoms with Gasteiger partial charge in [0.2, 0.25) is 0 Å². The van der Waals surface area contributed by atoms with Crippen molar-refractivity contribution in [1.29, 1.82) is 0 Å². The lowest BCUT2D eigenvalue weighted by atomic mass is 9.91. The minimum absolute atomic E-state index is 0.158. The Balaban J connectivity index is 2.56. The summed E-state index contributed by atoms with van der Waals surface area (Å²) in [5, 5.41) is 3.60. The molecule has 2 nitrogen and oxygen atoms in total. The third kappa shape index (κ3) is 3.27. The van der Waals surface area contributed by atoms with Crippen LogP contribution in [-0.4, -0.2) is 13.7 Å². The van der Waals surface area contributed by atoms with Gasteiger partial charge in [0.25, 0.3) is 0 Å². The van der Waals surface area contributed by atoms with Crippen molar-refractivity contribution >= 4 is 0 Å². The van der Waals surface area contributed by atoms with Crippen LogP contribution < -0.4 is 10.1 Å². The lowest BCUT2D eigenvalue weighted by Gasteiger charge is -2.24. The summed E-state index contributed by atoms with van der Waals surface area (Å²) in [4.78, 5) is 0. The summed E-state index contributed by atoms with van der Waals surface area (Å²) in [6.45, 7) is 9.49. The van der Waals surface area contributed by atoms with E-state index in [-0.39, 0.29) is 6.04 Å². The van der Waals surface area contributed by atoms with Gasteiger partial charge < -0.3 is 10.1 Å². The number of nitrogens with one attached hydrogen (secondary N) is 1. The van der Waals surface area contributed by atoms with Crippen LogP contribution in [0.5, 0.6) is 5.75 Å². The fourth-order valence-electron chi connectivity index (χ4n) is 2.73. The Hall–Kier alpha value is -1.80. The highest BCUT2D eigenvalue weighted by Gasteiger charge is 2.19. The highest BCUT2D eigenvalue weighted by molar-refractivity contribution is 5.47. The van der Waals surface area contributed by atoms with Crippen molar-refractivity contribution < 1.29 is 4.74 Å². The van der Waals surface area contributed by atoms with Crippen molar-refractivity contribution in [3.05, 3.63) is 64.2 Å². The number of methoxy groups -OCH3 is 1. The van der Waals surface area contributed by atoms with Crippen LogP contribution >= 0.6 is 0 Å². The molecule has 0 bridgehead atoms. The van der Waals surface area contributed by atoms with Gasteiger partial charge >= 0.3 is 0 Å². The van der Waals surface area contributed by atoms with Crippen LogP contribution in [0.1, 0.15) is 40.8 Å². The molecular formula is C19H25NO. The van der Waals surface area contributed by atoms with Gasteiger partial charge in [0, 0.05) is 5.56 Å². The fraction of sp³-hybridized carbons (Fsp3) is 0.368. The first-order valence-electron chi connectivity index (χ1n) is 7.52. The standard InChI is InChI=1S/C19H25NO/c1-6-20-19(16-9-7-8-14(3)15(16)4)17-11-10-13(2)12-18(17)21-5/h7-12,19-20H,6H2,1-5H3. The van der Waals surface area contributed by atoms with E-state index in [1.807, 2.05) is 0 Å². The van der Waals surface area contributed by atoms with Gasteiger partial charge in [0.05, 0.1) is 13.2 Å². The smallest absolute Gasteiger partial charge is 0.124 e. The van der Waals surface area contributed by atoms with Crippen molar-refractivity contribution in [2.45, 2.75) is 33.7 Å². The molecule has 112 valence electrons. The van der Waals surface area contributed by atoms with Gasteiger partial charge in [-0.15, -0.1) is 0 Å². The summed E-state index contributed by atoms with van der Waals surface area (Å²) in [6.07, 6.45) is 0. The fourth-order valence-corrected chi connectivity index (χ4v) is 2.73. The summed E-state index contributed by atoms with van der Waals surface area (Å²) >= 11 is 0. The molecule has 0 aromatic heterocycles. The van der Waals surface area contributed by atoms with Crippen molar-refractivity contribution in [3.63, 3.8) is 0 Å². The second-order valence-corrected chi connectivity index (χ2v) is 5.53. The maximum Gasteiger partial charge on any atom is 0.124 e. The number of ether oxygens (including phenoxy) is 1. The van der Waals surface area contributed by atoms with Crippen molar-refractivity contribution in [1.82, 2.24) is 5.32 Å². The minimum Gasteiger partial charge on any atom is -0.496 e. The van der Waals surface area contributed by atoms with E-state index in [1.165, 1.54) is 27.8 Å². The second kappa shape index (κ2) is 6.77. The van der Waals surface area contributed by atoms with Gasteiger partial charge in [-0.2, -0.15) is 0 Å². The summed E-state index contributed by atoms with van der Waals surface area (Å²) in [7, 11) is 1.74. The largest absolute Gasteiger partial charge is 0.496 e. The Morgan fingerprint density at radius 3 is 2.48 bits per heavy atom. The highest BCUT2D eigenvalue weighted by atomic mass is 16.5. The van der Waals surface area contributed by atoms with Crippen molar-refractivity contribution in [2.75, 3.05) is 13.7 Å². The maximum absolute atomic E-state index is 5.61. The van der Waals surface area contributed by atoms with E-state index in [2.05, 4.69) is 69.4 Å². The predicted molar refractivity (Wildman–Crippen MR) is 89.2 cm³/mol. The topological polar surface area (TPSA) is 21.3 Å². The van der Waals surface area contributed by atoms with Crippen LogP contribution in [0.25, 0.3) is 0 Å². The first kappa shape index (κ1) is 15.6. The molecule has 2 heteroatoms. The van der Waals surface area contributed by atoms with E-state index in [4.69, 9.17) is 4.74 Å². The van der Waals surface area contributed by atoms with Gasteiger partial charge in [-0.1, -0.05) is 37.3 Å². The molecule has 0 spiro atoms. The number of hydrogen-bond donors (Lipinski definition) is 1. The van der Waals surface area contributed by atoms with E-state index in [1.54, 1.807) is 7.11 Å². The van der Waals surface area contributed by atoms with Gasteiger partial charge in [0.1, 0.15) is 5.75 Å². The SMILES string of the molecule is CCNC(c1ccc(C)cc1OC)c1cccc(C)c1C. The number of benzene rings is 2. The predicted octanol–water partition coefficient (Wildman–Crippen LogP) is 4.32.